The first kappa shape index (κ1) is 17.3. The number of carbonyl (C=O) groups is 1. The van der Waals surface area contributed by atoms with Crippen LogP contribution in [0.15, 0.2) is 6.33 Å². The van der Waals surface area contributed by atoms with Crippen molar-refractivity contribution in [1.29, 1.82) is 0 Å². The predicted octanol–water partition coefficient (Wildman–Crippen LogP) is 1.31. The molecule has 2 aromatic rings. The fourth-order valence-electron chi connectivity index (χ4n) is 2.76. The van der Waals surface area contributed by atoms with Gasteiger partial charge in [0.1, 0.15) is 6.33 Å². The molecule has 0 aliphatic rings. The van der Waals surface area contributed by atoms with Crippen LogP contribution in [-0.4, -0.2) is 38.1 Å². The van der Waals surface area contributed by atoms with Crippen LogP contribution in [0, 0.1) is 13.8 Å². The molecule has 126 valence electrons. The number of amides is 1. The number of carbonyl (C=O) groups excluding carboxylic acids is 1. The van der Waals surface area contributed by atoms with Gasteiger partial charge in [0.15, 0.2) is 0 Å². The lowest BCUT2D eigenvalue weighted by Crippen LogP contribution is -2.40. The quantitative estimate of drug-likeness (QED) is 0.764. The molecule has 1 unspecified atom stereocenters. The second kappa shape index (κ2) is 8.01. The van der Waals surface area contributed by atoms with Gasteiger partial charge in [0.05, 0.1) is 0 Å². The van der Waals surface area contributed by atoms with Crippen LogP contribution in [0.25, 0.3) is 5.78 Å². The van der Waals surface area contributed by atoms with Gasteiger partial charge in [0.25, 0.3) is 5.78 Å². The summed E-state index contributed by atoms with van der Waals surface area (Å²) in [5.41, 5.74) is 8.66. The largest absolute Gasteiger partial charge is 0.352 e. The molecule has 0 aliphatic carbocycles. The third-order valence-electron chi connectivity index (χ3n) is 4.15. The van der Waals surface area contributed by atoms with Crippen molar-refractivity contribution in [3.63, 3.8) is 0 Å². The monoisotopic (exact) mass is 318 g/mol. The van der Waals surface area contributed by atoms with E-state index in [1.54, 1.807) is 4.52 Å². The molecule has 2 rings (SSSR count). The van der Waals surface area contributed by atoms with Crippen molar-refractivity contribution in [2.75, 3.05) is 6.54 Å². The van der Waals surface area contributed by atoms with Crippen molar-refractivity contribution < 1.29 is 4.79 Å². The predicted molar refractivity (Wildman–Crippen MR) is 89.1 cm³/mol. The number of rotatable bonds is 8. The summed E-state index contributed by atoms with van der Waals surface area (Å²) in [4.78, 5) is 20.7. The second-order valence-corrected chi connectivity index (χ2v) is 5.88. The highest BCUT2D eigenvalue weighted by atomic mass is 16.1. The molecular formula is C16H26N6O. The topological polar surface area (TPSA) is 98.2 Å². The lowest BCUT2D eigenvalue weighted by Gasteiger charge is -2.17. The minimum absolute atomic E-state index is 0.0361. The molecule has 0 bridgehead atoms. The van der Waals surface area contributed by atoms with Gasteiger partial charge in [-0.15, -0.1) is 0 Å². The molecule has 0 spiro atoms. The normalized spacial score (nSPS) is 12.5. The molecule has 3 N–H and O–H groups in total. The zero-order valence-corrected chi connectivity index (χ0v) is 14.2. The first-order chi connectivity index (χ1) is 11.1. The van der Waals surface area contributed by atoms with E-state index >= 15 is 0 Å². The van der Waals surface area contributed by atoms with Gasteiger partial charge >= 0.3 is 0 Å². The van der Waals surface area contributed by atoms with Gasteiger partial charge in [0.2, 0.25) is 5.91 Å². The number of nitrogens with two attached hydrogens (primary N) is 1. The number of unbranched alkanes of at least 4 members (excludes halogenated alkanes) is 1. The molecule has 1 atom stereocenters. The van der Waals surface area contributed by atoms with Crippen molar-refractivity contribution in [2.24, 2.45) is 5.73 Å². The highest BCUT2D eigenvalue weighted by Gasteiger charge is 2.14. The lowest BCUT2D eigenvalue weighted by molar-refractivity contribution is -0.121. The third-order valence-corrected chi connectivity index (χ3v) is 4.15. The maximum atomic E-state index is 12.2. The Kier molecular flexibility index (Phi) is 6.04. The van der Waals surface area contributed by atoms with E-state index in [0.717, 1.165) is 36.2 Å². The van der Waals surface area contributed by atoms with Crippen LogP contribution in [0.4, 0.5) is 0 Å². The Morgan fingerprint density at radius 1 is 1.43 bits per heavy atom. The van der Waals surface area contributed by atoms with E-state index in [9.17, 15) is 4.79 Å². The van der Waals surface area contributed by atoms with Crippen LogP contribution in [-0.2, 0) is 11.2 Å². The van der Waals surface area contributed by atoms with Gasteiger partial charge in [-0.2, -0.15) is 10.1 Å². The van der Waals surface area contributed by atoms with Crippen LogP contribution in [0.1, 0.15) is 49.6 Å². The molecule has 7 nitrogen and oxygen atoms in total. The van der Waals surface area contributed by atoms with E-state index in [2.05, 4.69) is 27.3 Å². The maximum Gasteiger partial charge on any atom is 0.252 e. The first-order valence-corrected chi connectivity index (χ1v) is 8.22. The first-order valence-electron chi connectivity index (χ1n) is 8.22. The SMILES string of the molecule is CCCCC(CN)NC(=O)CCc1c(C)nc2ncnn2c1C. The Balaban J connectivity index is 1.98. The third kappa shape index (κ3) is 4.25. The van der Waals surface area contributed by atoms with Crippen molar-refractivity contribution in [3.05, 3.63) is 23.3 Å². The standard InChI is InChI=1S/C16H26N6O/c1-4-5-6-13(9-17)21-15(23)8-7-14-11(2)20-16-18-10-19-22(16)12(14)3/h10,13H,4-9,17H2,1-3H3,(H,21,23). The highest BCUT2D eigenvalue weighted by Crippen LogP contribution is 2.15. The van der Waals surface area contributed by atoms with E-state index < -0.39 is 0 Å². The summed E-state index contributed by atoms with van der Waals surface area (Å²) in [7, 11) is 0. The van der Waals surface area contributed by atoms with Gasteiger partial charge in [-0.3, -0.25) is 4.79 Å². The Morgan fingerprint density at radius 2 is 2.22 bits per heavy atom. The molecule has 7 heteroatoms. The summed E-state index contributed by atoms with van der Waals surface area (Å²) in [5, 5.41) is 7.19. The van der Waals surface area contributed by atoms with E-state index in [1.807, 2.05) is 13.8 Å². The number of aromatic nitrogens is 4. The van der Waals surface area contributed by atoms with Gasteiger partial charge < -0.3 is 11.1 Å². The molecular weight excluding hydrogens is 292 g/mol. The van der Waals surface area contributed by atoms with Crippen molar-refractivity contribution >= 4 is 11.7 Å². The van der Waals surface area contributed by atoms with Gasteiger partial charge in [-0.25, -0.2) is 9.50 Å². The second-order valence-electron chi connectivity index (χ2n) is 5.88. The Hall–Kier alpha value is -2.02. The van der Waals surface area contributed by atoms with Crippen LogP contribution >= 0.6 is 0 Å². The van der Waals surface area contributed by atoms with Gasteiger partial charge in [-0.1, -0.05) is 19.8 Å². The summed E-state index contributed by atoms with van der Waals surface area (Å²) < 4.78 is 1.71. The molecule has 0 aromatic carbocycles. The van der Waals surface area contributed by atoms with E-state index in [4.69, 9.17) is 5.73 Å². The molecule has 0 aliphatic heterocycles. The van der Waals surface area contributed by atoms with Crippen LogP contribution < -0.4 is 11.1 Å². The molecule has 2 aromatic heterocycles. The maximum absolute atomic E-state index is 12.2. The summed E-state index contributed by atoms with van der Waals surface area (Å²) in [6.07, 6.45) is 5.67. The summed E-state index contributed by atoms with van der Waals surface area (Å²) in [5.74, 6) is 0.630. The fraction of sp³-hybridized carbons (Fsp3) is 0.625. The minimum Gasteiger partial charge on any atom is -0.352 e. The zero-order chi connectivity index (χ0) is 16.8. The number of fused-ring (bicyclic) bond motifs is 1. The Labute approximate surface area is 136 Å². The number of hydrogen-bond acceptors (Lipinski definition) is 5. The Morgan fingerprint density at radius 3 is 2.91 bits per heavy atom. The van der Waals surface area contributed by atoms with Crippen LogP contribution in [0.2, 0.25) is 0 Å². The molecule has 1 amide bonds. The van der Waals surface area contributed by atoms with Crippen molar-refractivity contribution in [3.8, 4) is 0 Å². The van der Waals surface area contributed by atoms with Gasteiger partial charge in [0, 0.05) is 30.4 Å². The Bertz CT molecular complexity index is 666. The molecule has 0 fully saturated rings. The van der Waals surface area contributed by atoms with Crippen molar-refractivity contribution in [2.45, 2.75) is 58.9 Å². The van der Waals surface area contributed by atoms with E-state index in [-0.39, 0.29) is 11.9 Å². The highest BCUT2D eigenvalue weighted by molar-refractivity contribution is 5.76. The van der Waals surface area contributed by atoms with Crippen molar-refractivity contribution in [1.82, 2.24) is 24.9 Å². The molecule has 2 heterocycles. The summed E-state index contributed by atoms with van der Waals surface area (Å²) in [6, 6.07) is 0.0700. The lowest BCUT2D eigenvalue weighted by atomic mass is 10.1. The zero-order valence-electron chi connectivity index (χ0n) is 14.2. The van der Waals surface area contributed by atoms with E-state index in [0.29, 0.717) is 25.2 Å². The van der Waals surface area contributed by atoms with Gasteiger partial charge in [-0.05, 0) is 32.3 Å². The number of aryl methyl sites for hydroxylation is 2. The minimum atomic E-state index is 0.0361. The molecule has 23 heavy (non-hydrogen) atoms. The molecule has 0 radical (unpaired) electrons. The number of nitrogens with one attached hydrogen (secondary N) is 1. The summed E-state index contributed by atoms with van der Waals surface area (Å²) >= 11 is 0. The van der Waals surface area contributed by atoms with Crippen LogP contribution in [0.5, 0.6) is 0 Å². The number of hydrogen-bond donors (Lipinski definition) is 2. The average molecular weight is 318 g/mol. The fourth-order valence-corrected chi connectivity index (χ4v) is 2.76. The molecule has 0 saturated heterocycles. The average Bonchev–Trinajstić information content (AvgIpc) is 2.99. The van der Waals surface area contributed by atoms with Crippen LogP contribution in [0.3, 0.4) is 0 Å². The molecule has 0 saturated carbocycles. The van der Waals surface area contributed by atoms with E-state index in [1.165, 1.54) is 6.33 Å². The smallest absolute Gasteiger partial charge is 0.252 e. The number of nitrogens with zero attached hydrogens (tertiary/aromatic N) is 4. The summed E-state index contributed by atoms with van der Waals surface area (Å²) in [6.45, 7) is 6.54.